The van der Waals surface area contributed by atoms with Crippen LogP contribution >= 0.6 is 22.6 Å². The summed E-state index contributed by atoms with van der Waals surface area (Å²) in [4.78, 5) is 11.7. The molecule has 3 atom stereocenters. The highest BCUT2D eigenvalue weighted by Gasteiger charge is 2.49. The van der Waals surface area contributed by atoms with Crippen molar-refractivity contribution in [2.45, 2.75) is 16.3 Å². The van der Waals surface area contributed by atoms with Crippen LogP contribution in [0.4, 0.5) is 14.5 Å². The highest BCUT2D eigenvalue weighted by atomic mass is 127. The van der Waals surface area contributed by atoms with Gasteiger partial charge in [-0.05, 0) is 29.9 Å². The number of nitrogens with one attached hydrogen (secondary N) is 1. The highest BCUT2D eigenvalue weighted by Crippen LogP contribution is 2.55. The van der Waals surface area contributed by atoms with Gasteiger partial charge in [0.25, 0.3) is 0 Å². The quantitative estimate of drug-likeness (QED) is 0.573. The maximum Gasteiger partial charge on any atom is 0.237 e. The minimum atomic E-state index is -0.681. The average Bonchev–Trinajstić information content (AvgIpc) is 2.99. The standard InChI is InChI=1S/C11H8F2INO/c12-4-1-7-5-3-6(5)9(14)11(16)15-10(7)8(13)2-4/h1-2,5-6,9H,3H2,(H,15,16). The van der Waals surface area contributed by atoms with E-state index in [0.29, 0.717) is 5.56 Å². The summed E-state index contributed by atoms with van der Waals surface area (Å²) < 4.78 is 26.5. The zero-order valence-corrected chi connectivity index (χ0v) is 10.3. The molecule has 3 rings (SSSR count). The average molecular weight is 335 g/mol. The Labute approximate surface area is 105 Å². The van der Waals surface area contributed by atoms with E-state index in [4.69, 9.17) is 0 Å². The molecule has 1 saturated carbocycles. The van der Waals surface area contributed by atoms with Crippen LogP contribution in [0.5, 0.6) is 0 Å². The predicted molar refractivity (Wildman–Crippen MR) is 63.6 cm³/mol. The van der Waals surface area contributed by atoms with Crippen LogP contribution in [0.2, 0.25) is 0 Å². The van der Waals surface area contributed by atoms with Crippen LogP contribution in [-0.2, 0) is 4.79 Å². The topological polar surface area (TPSA) is 29.1 Å². The number of carbonyl (C=O) groups excluding carboxylic acids is 1. The van der Waals surface area contributed by atoms with Crippen LogP contribution in [0.1, 0.15) is 17.9 Å². The smallest absolute Gasteiger partial charge is 0.237 e. The molecule has 1 fully saturated rings. The highest BCUT2D eigenvalue weighted by molar-refractivity contribution is 14.1. The molecule has 0 aromatic heterocycles. The molecule has 16 heavy (non-hydrogen) atoms. The van der Waals surface area contributed by atoms with Gasteiger partial charge in [-0.2, -0.15) is 0 Å². The molecule has 5 heteroatoms. The third-order valence-corrected chi connectivity index (χ3v) is 4.69. The van der Waals surface area contributed by atoms with Crippen LogP contribution < -0.4 is 5.32 Å². The number of halogens is 3. The van der Waals surface area contributed by atoms with Gasteiger partial charge >= 0.3 is 0 Å². The number of anilines is 1. The maximum absolute atomic E-state index is 13.5. The second-order valence-electron chi connectivity index (χ2n) is 4.25. The summed E-state index contributed by atoms with van der Waals surface area (Å²) in [6.45, 7) is 0. The molecule has 2 nitrogen and oxygen atoms in total. The molecule has 1 N–H and O–H groups in total. The Balaban J connectivity index is 2.15. The van der Waals surface area contributed by atoms with Crippen LogP contribution in [0.25, 0.3) is 0 Å². The van der Waals surface area contributed by atoms with Gasteiger partial charge in [0.1, 0.15) is 11.6 Å². The molecule has 1 aliphatic carbocycles. The lowest BCUT2D eigenvalue weighted by Gasteiger charge is -2.10. The summed E-state index contributed by atoms with van der Waals surface area (Å²) in [5.41, 5.74) is 0.771. The first-order valence-corrected chi connectivity index (χ1v) is 6.26. The second-order valence-corrected chi connectivity index (χ2v) is 5.59. The fourth-order valence-corrected chi connectivity index (χ4v) is 3.25. The van der Waals surface area contributed by atoms with Crippen molar-refractivity contribution in [1.29, 1.82) is 0 Å². The van der Waals surface area contributed by atoms with Gasteiger partial charge in [0, 0.05) is 6.07 Å². The largest absolute Gasteiger partial charge is 0.322 e. The van der Waals surface area contributed by atoms with Gasteiger partial charge in [0.2, 0.25) is 5.91 Å². The maximum atomic E-state index is 13.5. The Bertz CT molecular complexity index is 491. The summed E-state index contributed by atoms with van der Waals surface area (Å²) in [5, 5.41) is 2.54. The van der Waals surface area contributed by atoms with E-state index in [2.05, 4.69) is 27.9 Å². The molecule has 3 unspecified atom stereocenters. The van der Waals surface area contributed by atoms with Crippen molar-refractivity contribution in [2.24, 2.45) is 5.92 Å². The van der Waals surface area contributed by atoms with Crippen molar-refractivity contribution in [3.8, 4) is 0 Å². The first-order chi connectivity index (χ1) is 7.58. The van der Waals surface area contributed by atoms with E-state index in [1.807, 2.05) is 0 Å². The Morgan fingerprint density at radius 2 is 2.12 bits per heavy atom. The molecule has 1 heterocycles. The Morgan fingerprint density at radius 1 is 1.38 bits per heavy atom. The van der Waals surface area contributed by atoms with Crippen molar-refractivity contribution < 1.29 is 13.6 Å². The number of carbonyl (C=O) groups is 1. The van der Waals surface area contributed by atoms with Crippen molar-refractivity contribution in [2.75, 3.05) is 5.32 Å². The van der Waals surface area contributed by atoms with Crippen LogP contribution in [-0.4, -0.2) is 9.83 Å². The first-order valence-electron chi connectivity index (χ1n) is 5.02. The molecule has 84 valence electrons. The van der Waals surface area contributed by atoms with Gasteiger partial charge in [-0.25, -0.2) is 8.78 Å². The summed E-state index contributed by atoms with van der Waals surface area (Å²) in [5.74, 6) is -1.09. The van der Waals surface area contributed by atoms with Crippen molar-refractivity contribution >= 4 is 34.2 Å². The summed E-state index contributed by atoms with van der Waals surface area (Å²) >= 11 is 2.07. The molecule has 0 bridgehead atoms. The zero-order chi connectivity index (χ0) is 11.4. The molecule has 0 radical (unpaired) electrons. The minimum Gasteiger partial charge on any atom is -0.322 e. The van der Waals surface area contributed by atoms with Gasteiger partial charge in [-0.15, -0.1) is 0 Å². The Hall–Kier alpha value is -0.720. The first kappa shape index (κ1) is 10.4. The van der Waals surface area contributed by atoms with Crippen molar-refractivity contribution in [3.63, 3.8) is 0 Å². The number of fused-ring (bicyclic) bond motifs is 3. The van der Waals surface area contributed by atoms with Crippen LogP contribution in [0.3, 0.4) is 0 Å². The Kier molecular flexibility index (Phi) is 2.21. The number of amides is 1. The fraction of sp³-hybridized carbons (Fsp3) is 0.364. The molecule has 0 saturated heterocycles. The molecule has 1 aromatic rings. The summed E-state index contributed by atoms with van der Waals surface area (Å²) in [6.07, 6.45) is 0.844. The predicted octanol–water partition coefficient (Wildman–Crippen LogP) is 2.82. The van der Waals surface area contributed by atoms with Gasteiger partial charge < -0.3 is 5.32 Å². The van der Waals surface area contributed by atoms with Gasteiger partial charge in [0.15, 0.2) is 0 Å². The Morgan fingerprint density at radius 3 is 2.88 bits per heavy atom. The molecule has 1 aromatic carbocycles. The lowest BCUT2D eigenvalue weighted by molar-refractivity contribution is -0.115. The zero-order valence-electron chi connectivity index (χ0n) is 8.14. The van der Waals surface area contributed by atoms with Crippen molar-refractivity contribution in [1.82, 2.24) is 0 Å². The summed E-state index contributed by atoms with van der Waals surface area (Å²) in [7, 11) is 0. The third kappa shape index (κ3) is 1.44. The molecule has 0 spiro atoms. The van der Waals surface area contributed by atoms with Gasteiger partial charge in [-0.3, -0.25) is 4.79 Å². The fourth-order valence-electron chi connectivity index (χ4n) is 2.30. The molecular formula is C11H8F2INO. The minimum absolute atomic E-state index is 0.126. The van der Waals surface area contributed by atoms with E-state index in [0.717, 1.165) is 12.5 Å². The number of alkyl halides is 1. The lowest BCUT2D eigenvalue weighted by atomic mass is 10.1. The van der Waals surface area contributed by atoms with Crippen LogP contribution in [0.15, 0.2) is 12.1 Å². The van der Waals surface area contributed by atoms with E-state index >= 15 is 0 Å². The second kappa shape index (κ2) is 3.38. The van der Waals surface area contributed by atoms with E-state index in [1.165, 1.54) is 6.07 Å². The molecule has 2 aliphatic rings. The SMILES string of the molecule is O=C1Nc2c(F)cc(F)cc2C2CC2C1I. The number of hydrogen-bond donors (Lipinski definition) is 1. The van der Waals surface area contributed by atoms with E-state index in [-0.39, 0.29) is 27.4 Å². The monoisotopic (exact) mass is 335 g/mol. The lowest BCUT2D eigenvalue weighted by Crippen LogP contribution is -2.23. The van der Waals surface area contributed by atoms with Crippen LogP contribution in [0, 0.1) is 17.6 Å². The number of benzene rings is 1. The van der Waals surface area contributed by atoms with Crippen molar-refractivity contribution in [3.05, 3.63) is 29.3 Å². The molecule has 1 amide bonds. The number of rotatable bonds is 0. The molecule has 1 aliphatic heterocycles. The summed E-state index contributed by atoms with van der Waals surface area (Å²) in [6, 6.07) is 2.14. The van der Waals surface area contributed by atoms with E-state index < -0.39 is 11.6 Å². The third-order valence-electron chi connectivity index (χ3n) is 3.20. The van der Waals surface area contributed by atoms with E-state index in [9.17, 15) is 13.6 Å². The van der Waals surface area contributed by atoms with E-state index in [1.54, 1.807) is 0 Å². The van der Waals surface area contributed by atoms with Gasteiger partial charge in [0.05, 0.1) is 9.61 Å². The molecular weight excluding hydrogens is 327 g/mol. The number of hydrogen-bond acceptors (Lipinski definition) is 1. The normalized spacial score (nSPS) is 31.2. The van der Waals surface area contributed by atoms with Gasteiger partial charge in [-0.1, -0.05) is 22.6 Å².